The number of aromatic carboxylic acids is 1. The molecular weight excluding hydrogens is 252 g/mol. The maximum atomic E-state index is 11.3. The maximum Gasteiger partial charge on any atom is 0.351 e. The zero-order valence-electron chi connectivity index (χ0n) is 7.77. The van der Waals surface area contributed by atoms with Gasteiger partial charge in [-0.15, -0.1) is 0 Å². The van der Waals surface area contributed by atoms with Crippen LogP contribution in [0, 0.1) is 0 Å². The molecule has 0 aliphatic heterocycles. The predicted molar refractivity (Wildman–Crippen MR) is 61.2 cm³/mol. The number of benzene rings is 1. The average Bonchev–Trinajstić information content (AvgIpc) is 2.27. The van der Waals surface area contributed by atoms with Crippen LogP contribution in [0.3, 0.4) is 0 Å². The molecule has 0 bridgehead atoms. The van der Waals surface area contributed by atoms with Gasteiger partial charge in [0.25, 0.3) is 0 Å². The van der Waals surface area contributed by atoms with Crippen LogP contribution in [0.2, 0.25) is 0 Å². The highest BCUT2D eigenvalue weighted by atomic mass is 35.7. The van der Waals surface area contributed by atoms with E-state index in [0.29, 0.717) is 11.0 Å². The molecule has 2 rings (SSSR count). The molecule has 4 nitrogen and oxygen atoms in total. The van der Waals surface area contributed by atoms with Crippen LogP contribution >= 0.6 is 21.7 Å². The van der Waals surface area contributed by atoms with Gasteiger partial charge in [0.05, 0.1) is 0 Å². The normalized spacial score (nSPS) is 10.6. The minimum absolute atomic E-state index is 0.337. The molecule has 1 N–H and O–H groups in total. The second-order valence-electron chi connectivity index (χ2n) is 3.03. The first kappa shape index (κ1) is 11.0. The Balaban J connectivity index is 2.75. The lowest BCUT2D eigenvalue weighted by atomic mass is 10.2. The van der Waals surface area contributed by atoms with Crippen LogP contribution in [0.4, 0.5) is 0 Å². The Bertz CT molecular complexity index is 620. The standard InChI is InChI=1S/C10H5ClO4S/c11-16-6-1-2-8-5(3-6)4-7(9(12)13)10(14)15-8/h1-4H,(H,12,13). The van der Waals surface area contributed by atoms with Crippen molar-refractivity contribution in [3.05, 3.63) is 40.2 Å². The number of rotatable bonds is 2. The third kappa shape index (κ3) is 1.91. The molecule has 0 aliphatic rings. The lowest BCUT2D eigenvalue weighted by Gasteiger charge is -1.99. The molecule has 0 saturated carbocycles. The van der Waals surface area contributed by atoms with Crippen molar-refractivity contribution in [1.29, 1.82) is 0 Å². The molecule has 16 heavy (non-hydrogen) atoms. The van der Waals surface area contributed by atoms with Crippen molar-refractivity contribution in [2.24, 2.45) is 0 Å². The van der Waals surface area contributed by atoms with Gasteiger partial charge in [-0.3, -0.25) is 0 Å². The Morgan fingerprint density at radius 3 is 2.75 bits per heavy atom. The number of fused-ring (bicyclic) bond motifs is 1. The number of carbonyl (C=O) groups is 1. The minimum Gasteiger partial charge on any atom is -0.477 e. The molecule has 82 valence electrons. The molecular formula is C10H5ClO4S. The molecule has 1 heterocycles. The molecule has 0 saturated heterocycles. The summed E-state index contributed by atoms with van der Waals surface area (Å²) in [6.07, 6.45) is 0. The fourth-order valence-corrected chi connectivity index (χ4v) is 1.88. The number of hydrogen-bond acceptors (Lipinski definition) is 4. The van der Waals surface area contributed by atoms with E-state index in [2.05, 4.69) is 0 Å². The van der Waals surface area contributed by atoms with Gasteiger partial charge in [0, 0.05) is 10.3 Å². The first-order valence-electron chi connectivity index (χ1n) is 4.21. The Hall–Kier alpha value is -1.46. The van der Waals surface area contributed by atoms with E-state index in [1.807, 2.05) is 0 Å². The van der Waals surface area contributed by atoms with Crippen LogP contribution in [0.15, 0.2) is 38.4 Å². The van der Waals surface area contributed by atoms with Gasteiger partial charge in [-0.1, -0.05) is 0 Å². The molecule has 6 heteroatoms. The summed E-state index contributed by atoms with van der Waals surface area (Å²) in [7, 11) is 6.58. The maximum absolute atomic E-state index is 11.3. The Morgan fingerprint density at radius 2 is 2.12 bits per heavy atom. The van der Waals surface area contributed by atoms with Gasteiger partial charge in [0.15, 0.2) is 0 Å². The van der Waals surface area contributed by atoms with E-state index in [1.165, 1.54) is 6.07 Å². The van der Waals surface area contributed by atoms with E-state index in [1.54, 1.807) is 18.2 Å². The SMILES string of the molecule is O=C(O)c1cc2cc(SCl)ccc2oc1=O. The molecule has 1 aromatic carbocycles. The van der Waals surface area contributed by atoms with Crippen molar-refractivity contribution >= 4 is 38.6 Å². The van der Waals surface area contributed by atoms with Gasteiger partial charge in [0.2, 0.25) is 0 Å². The number of halogens is 1. The van der Waals surface area contributed by atoms with Crippen molar-refractivity contribution in [3.63, 3.8) is 0 Å². The zero-order chi connectivity index (χ0) is 11.7. The van der Waals surface area contributed by atoms with Crippen LogP contribution in [0.1, 0.15) is 10.4 Å². The van der Waals surface area contributed by atoms with Crippen LogP contribution in [-0.2, 0) is 0 Å². The molecule has 0 aliphatic carbocycles. The van der Waals surface area contributed by atoms with Gasteiger partial charge < -0.3 is 9.52 Å². The Morgan fingerprint density at radius 1 is 1.38 bits per heavy atom. The topological polar surface area (TPSA) is 67.5 Å². The summed E-state index contributed by atoms with van der Waals surface area (Å²) in [4.78, 5) is 22.7. The minimum atomic E-state index is -1.31. The molecule has 0 radical (unpaired) electrons. The molecule has 0 spiro atoms. The van der Waals surface area contributed by atoms with Crippen molar-refractivity contribution in [1.82, 2.24) is 0 Å². The van der Waals surface area contributed by atoms with Crippen molar-refractivity contribution < 1.29 is 14.3 Å². The second-order valence-corrected chi connectivity index (χ2v) is 4.12. The lowest BCUT2D eigenvalue weighted by Crippen LogP contribution is -2.12. The van der Waals surface area contributed by atoms with Crippen molar-refractivity contribution in [2.45, 2.75) is 4.90 Å². The molecule has 2 aromatic rings. The average molecular weight is 257 g/mol. The Kier molecular flexibility index (Phi) is 2.89. The highest BCUT2D eigenvalue weighted by molar-refractivity contribution is 8.21. The van der Waals surface area contributed by atoms with Gasteiger partial charge in [-0.05, 0) is 45.9 Å². The zero-order valence-corrected chi connectivity index (χ0v) is 9.34. The Labute approximate surface area is 98.3 Å². The second kappa shape index (κ2) is 4.19. The fraction of sp³-hybridized carbons (Fsp3) is 0. The summed E-state index contributed by atoms with van der Waals surface area (Å²) in [6.45, 7) is 0. The molecule has 1 aromatic heterocycles. The summed E-state index contributed by atoms with van der Waals surface area (Å²) in [5, 5.41) is 9.29. The largest absolute Gasteiger partial charge is 0.477 e. The summed E-state index contributed by atoms with van der Waals surface area (Å²) in [5.74, 6) is -1.31. The molecule has 0 amide bonds. The van der Waals surface area contributed by atoms with Gasteiger partial charge in [0.1, 0.15) is 11.1 Å². The third-order valence-electron chi connectivity index (χ3n) is 2.02. The highest BCUT2D eigenvalue weighted by Gasteiger charge is 2.12. The van der Waals surface area contributed by atoms with Crippen molar-refractivity contribution in [2.75, 3.05) is 0 Å². The molecule has 0 fully saturated rings. The number of carboxylic acid groups (broad SMARTS) is 1. The third-order valence-corrected chi connectivity index (χ3v) is 2.99. The van der Waals surface area contributed by atoms with Crippen LogP contribution in [0.5, 0.6) is 0 Å². The predicted octanol–water partition coefficient (Wildman–Crippen LogP) is 2.74. The van der Waals surface area contributed by atoms with E-state index in [9.17, 15) is 9.59 Å². The van der Waals surface area contributed by atoms with E-state index in [4.69, 9.17) is 20.2 Å². The highest BCUT2D eigenvalue weighted by Crippen LogP contribution is 2.25. The fourth-order valence-electron chi connectivity index (χ4n) is 1.30. The smallest absolute Gasteiger partial charge is 0.351 e. The quantitative estimate of drug-likeness (QED) is 0.837. The van der Waals surface area contributed by atoms with Crippen molar-refractivity contribution in [3.8, 4) is 0 Å². The van der Waals surface area contributed by atoms with E-state index in [-0.39, 0.29) is 5.56 Å². The first-order valence-corrected chi connectivity index (χ1v) is 5.86. The van der Waals surface area contributed by atoms with E-state index < -0.39 is 11.6 Å². The monoisotopic (exact) mass is 256 g/mol. The van der Waals surface area contributed by atoms with Gasteiger partial charge >= 0.3 is 11.6 Å². The lowest BCUT2D eigenvalue weighted by molar-refractivity contribution is 0.0692. The van der Waals surface area contributed by atoms with Gasteiger partial charge in [-0.2, -0.15) is 0 Å². The molecule has 0 unspecified atom stereocenters. The van der Waals surface area contributed by atoms with E-state index in [0.717, 1.165) is 15.9 Å². The summed E-state index contributed by atoms with van der Waals surface area (Å²) in [6, 6.07) is 6.19. The summed E-state index contributed by atoms with van der Waals surface area (Å²) in [5.41, 5.74) is -0.903. The van der Waals surface area contributed by atoms with Gasteiger partial charge in [-0.25, -0.2) is 9.59 Å². The summed E-state index contributed by atoms with van der Waals surface area (Å²) >= 11 is 0. The summed E-state index contributed by atoms with van der Waals surface area (Å²) < 4.78 is 4.86. The number of carboxylic acids is 1. The van der Waals surface area contributed by atoms with Crippen LogP contribution in [-0.4, -0.2) is 11.1 Å². The van der Waals surface area contributed by atoms with Crippen LogP contribution in [0.25, 0.3) is 11.0 Å². The first-order chi connectivity index (χ1) is 7.61. The van der Waals surface area contributed by atoms with E-state index >= 15 is 0 Å². The molecule has 0 atom stereocenters. The number of hydrogen-bond donors (Lipinski definition) is 1. The van der Waals surface area contributed by atoms with Crippen LogP contribution < -0.4 is 5.63 Å².